The average Bonchev–Trinajstić information content (AvgIpc) is 3.06. The number of aliphatic hydroxyl groups excluding tert-OH is 1. The van der Waals surface area contributed by atoms with E-state index in [0.717, 1.165) is 42.4 Å². The summed E-state index contributed by atoms with van der Waals surface area (Å²) in [6, 6.07) is 0. The van der Waals surface area contributed by atoms with Crippen LogP contribution in [0.15, 0.2) is 23.3 Å². The molecule has 0 radical (unpaired) electrons. The molecule has 1 heteroatoms. The molecule has 4 rings (SSSR count). The normalized spacial score (nSPS) is 43.5. The Labute approximate surface area is 186 Å². The molecular formula is C29H48O. The van der Waals surface area contributed by atoms with E-state index in [9.17, 15) is 5.11 Å². The Morgan fingerprint density at radius 3 is 2.47 bits per heavy atom. The molecule has 4 aliphatic rings. The van der Waals surface area contributed by atoms with Crippen LogP contribution in [0.1, 0.15) is 106 Å². The first kappa shape index (κ1) is 22.6. The van der Waals surface area contributed by atoms with E-state index in [2.05, 4.69) is 53.7 Å². The fourth-order valence-corrected chi connectivity index (χ4v) is 8.62. The highest BCUT2D eigenvalue weighted by Crippen LogP contribution is 2.65. The first-order valence-electron chi connectivity index (χ1n) is 13.3. The number of hydrogen-bond donors (Lipinski definition) is 1. The van der Waals surface area contributed by atoms with Crippen LogP contribution in [0.25, 0.3) is 0 Å². The molecule has 0 spiro atoms. The summed E-state index contributed by atoms with van der Waals surface area (Å²) < 4.78 is 0. The van der Waals surface area contributed by atoms with Crippen LogP contribution in [-0.4, -0.2) is 11.2 Å². The molecule has 0 aliphatic heterocycles. The Morgan fingerprint density at radius 2 is 1.77 bits per heavy atom. The fraction of sp³-hybridized carbons (Fsp3) is 0.862. The molecule has 2 saturated carbocycles. The SMILES string of the molecule is CC[C@@H](C=C[C@@H](C)[C@H]1CC[C@H]2C3=C(CC[C@]12C)[C@@]1(C)CC[C@H](O)C[C@@H]1CC3)C(C)C. The highest BCUT2D eigenvalue weighted by atomic mass is 16.3. The molecule has 0 saturated heterocycles. The smallest absolute Gasteiger partial charge is 0.0543 e. The lowest BCUT2D eigenvalue weighted by atomic mass is 9.50. The average molecular weight is 413 g/mol. The van der Waals surface area contributed by atoms with Gasteiger partial charge in [0, 0.05) is 0 Å². The molecule has 1 N–H and O–H groups in total. The number of rotatable bonds is 5. The fourth-order valence-electron chi connectivity index (χ4n) is 8.62. The van der Waals surface area contributed by atoms with Gasteiger partial charge in [-0.25, -0.2) is 0 Å². The summed E-state index contributed by atoms with van der Waals surface area (Å²) in [7, 11) is 0. The third kappa shape index (κ3) is 3.66. The predicted octanol–water partition coefficient (Wildman–Crippen LogP) is 7.94. The van der Waals surface area contributed by atoms with Crippen molar-refractivity contribution in [2.75, 3.05) is 0 Å². The maximum absolute atomic E-state index is 10.3. The number of aliphatic hydroxyl groups is 1. The van der Waals surface area contributed by atoms with Gasteiger partial charge in [0.1, 0.15) is 0 Å². The Bertz CT molecular complexity index is 686. The third-order valence-electron chi connectivity index (χ3n) is 10.7. The van der Waals surface area contributed by atoms with Crippen molar-refractivity contribution in [2.24, 2.45) is 46.3 Å². The van der Waals surface area contributed by atoms with E-state index in [1.807, 2.05) is 11.1 Å². The van der Waals surface area contributed by atoms with E-state index < -0.39 is 0 Å². The summed E-state index contributed by atoms with van der Waals surface area (Å²) in [5.74, 6) is 4.58. The van der Waals surface area contributed by atoms with Crippen molar-refractivity contribution in [3.8, 4) is 0 Å². The van der Waals surface area contributed by atoms with Crippen LogP contribution >= 0.6 is 0 Å². The van der Waals surface area contributed by atoms with Gasteiger partial charge in [-0.3, -0.25) is 0 Å². The van der Waals surface area contributed by atoms with Crippen molar-refractivity contribution in [1.82, 2.24) is 0 Å². The number of allylic oxidation sites excluding steroid dienone is 4. The third-order valence-corrected chi connectivity index (χ3v) is 10.7. The lowest BCUT2D eigenvalue weighted by Gasteiger charge is -2.55. The Morgan fingerprint density at radius 1 is 1.00 bits per heavy atom. The van der Waals surface area contributed by atoms with Crippen molar-refractivity contribution in [3.63, 3.8) is 0 Å². The van der Waals surface area contributed by atoms with Gasteiger partial charge in [-0.05, 0) is 111 Å². The maximum atomic E-state index is 10.3. The molecule has 0 aromatic heterocycles. The first-order chi connectivity index (χ1) is 14.2. The van der Waals surface area contributed by atoms with Crippen molar-refractivity contribution in [1.29, 1.82) is 0 Å². The molecule has 0 unspecified atom stereocenters. The lowest BCUT2D eigenvalue weighted by Crippen LogP contribution is -2.45. The Kier molecular flexibility index (Phi) is 6.35. The second-order valence-corrected chi connectivity index (χ2v) is 12.4. The van der Waals surface area contributed by atoms with Crippen molar-refractivity contribution in [3.05, 3.63) is 23.3 Å². The molecule has 0 heterocycles. The second-order valence-electron chi connectivity index (χ2n) is 12.4. The minimum absolute atomic E-state index is 0.0413. The molecule has 0 aromatic rings. The molecular weight excluding hydrogens is 364 g/mol. The van der Waals surface area contributed by atoms with Crippen LogP contribution < -0.4 is 0 Å². The molecule has 0 aromatic carbocycles. The molecule has 0 bridgehead atoms. The molecule has 2 fully saturated rings. The van der Waals surface area contributed by atoms with E-state index >= 15 is 0 Å². The second kappa shape index (κ2) is 8.42. The summed E-state index contributed by atoms with van der Waals surface area (Å²) in [6.45, 7) is 14.8. The van der Waals surface area contributed by atoms with Gasteiger partial charge in [0.05, 0.1) is 6.10 Å². The first-order valence-corrected chi connectivity index (χ1v) is 13.3. The van der Waals surface area contributed by atoms with Crippen molar-refractivity contribution < 1.29 is 5.11 Å². The van der Waals surface area contributed by atoms with E-state index in [1.165, 1.54) is 51.4 Å². The highest BCUT2D eigenvalue weighted by molar-refractivity contribution is 5.34. The van der Waals surface area contributed by atoms with Gasteiger partial charge >= 0.3 is 0 Å². The van der Waals surface area contributed by atoms with E-state index in [1.54, 1.807) is 0 Å². The van der Waals surface area contributed by atoms with Crippen LogP contribution in [-0.2, 0) is 0 Å². The van der Waals surface area contributed by atoms with Crippen LogP contribution in [0.2, 0.25) is 0 Å². The van der Waals surface area contributed by atoms with E-state index in [4.69, 9.17) is 0 Å². The van der Waals surface area contributed by atoms with Gasteiger partial charge < -0.3 is 5.11 Å². The van der Waals surface area contributed by atoms with Gasteiger partial charge in [0.25, 0.3) is 0 Å². The number of fused-ring (bicyclic) bond motifs is 4. The molecule has 0 amide bonds. The summed E-state index contributed by atoms with van der Waals surface area (Å²) in [5, 5.41) is 10.3. The van der Waals surface area contributed by atoms with Gasteiger partial charge in [-0.2, -0.15) is 0 Å². The molecule has 8 atom stereocenters. The monoisotopic (exact) mass is 412 g/mol. The molecule has 4 aliphatic carbocycles. The summed E-state index contributed by atoms with van der Waals surface area (Å²) >= 11 is 0. The molecule has 1 nitrogen and oxygen atoms in total. The molecule has 170 valence electrons. The zero-order valence-electron chi connectivity index (χ0n) is 20.7. The zero-order valence-corrected chi connectivity index (χ0v) is 20.7. The Hall–Kier alpha value is -0.560. The minimum atomic E-state index is -0.0413. The summed E-state index contributed by atoms with van der Waals surface area (Å²) in [4.78, 5) is 0. The largest absolute Gasteiger partial charge is 0.393 e. The minimum Gasteiger partial charge on any atom is -0.393 e. The number of hydrogen-bond acceptors (Lipinski definition) is 1. The summed E-state index contributed by atoms with van der Waals surface area (Å²) in [5.41, 5.74) is 4.65. The standard InChI is InChI=1S/C29H48O/c1-7-21(19(2)3)9-8-20(4)25-12-13-26-24-11-10-22-18-23(30)14-16-28(22,5)27(24)15-17-29(25,26)6/h8-9,19-23,25-26,30H,7,10-18H2,1-6H3/t20-,21+,22+,23+,25-,26+,28+,29-/m1/s1. The van der Waals surface area contributed by atoms with Gasteiger partial charge in [0.15, 0.2) is 0 Å². The van der Waals surface area contributed by atoms with Crippen LogP contribution in [0.4, 0.5) is 0 Å². The van der Waals surface area contributed by atoms with Gasteiger partial charge in [0.2, 0.25) is 0 Å². The van der Waals surface area contributed by atoms with E-state index in [0.29, 0.717) is 16.7 Å². The highest BCUT2D eigenvalue weighted by Gasteiger charge is 2.55. The topological polar surface area (TPSA) is 20.2 Å². The van der Waals surface area contributed by atoms with Crippen LogP contribution in [0.3, 0.4) is 0 Å². The molecule has 30 heavy (non-hydrogen) atoms. The van der Waals surface area contributed by atoms with Crippen molar-refractivity contribution in [2.45, 2.75) is 112 Å². The van der Waals surface area contributed by atoms with E-state index in [-0.39, 0.29) is 6.10 Å². The quantitative estimate of drug-likeness (QED) is 0.454. The van der Waals surface area contributed by atoms with Crippen LogP contribution in [0, 0.1) is 46.3 Å². The lowest BCUT2D eigenvalue weighted by molar-refractivity contribution is 0.0145. The van der Waals surface area contributed by atoms with Crippen molar-refractivity contribution >= 4 is 0 Å². The van der Waals surface area contributed by atoms with Crippen LogP contribution in [0.5, 0.6) is 0 Å². The van der Waals surface area contributed by atoms with Gasteiger partial charge in [-0.1, -0.05) is 64.8 Å². The predicted molar refractivity (Wildman–Crippen MR) is 128 cm³/mol. The maximum Gasteiger partial charge on any atom is 0.0543 e. The zero-order chi connectivity index (χ0) is 21.7. The Balaban J connectivity index is 1.55. The van der Waals surface area contributed by atoms with Gasteiger partial charge in [-0.15, -0.1) is 0 Å². The summed E-state index contributed by atoms with van der Waals surface area (Å²) in [6.07, 6.45) is 17.9.